The van der Waals surface area contributed by atoms with Gasteiger partial charge in [0.1, 0.15) is 0 Å². The van der Waals surface area contributed by atoms with Gasteiger partial charge in [0.05, 0.1) is 62.6 Å². The molecule has 8 rings (SSSR count). The summed E-state index contributed by atoms with van der Waals surface area (Å²) in [5.74, 6) is 0. The molecule has 0 saturated heterocycles. The Hall–Kier alpha value is -1.12. The zero-order chi connectivity index (χ0) is 58.1. The number of rotatable bonds is 12. The summed E-state index contributed by atoms with van der Waals surface area (Å²) in [6.45, 7) is 11.4. The zero-order valence-corrected chi connectivity index (χ0v) is 53.8. The maximum atomic E-state index is 10.2. The molecule has 0 aromatic heterocycles. The van der Waals surface area contributed by atoms with Crippen molar-refractivity contribution in [1.82, 2.24) is 20.4 Å². The number of nitrogens with zero attached hydrogens (tertiary/aromatic N) is 2. The molecule has 0 unspecified atom stereocenters. The number of hydrogen-bond donors (Lipinski definition) is 6. The smallest absolute Gasteiger partial charge is 0.0620 e. The minimum atomic E-state index is -0.536. The Bertz CT molecular complexity index is 2370. The molecular weight excluding hydrogens is 1160 g/mol. The standard InChI is InChI=1S/2C16H23Cl2NO.2C15H21Cl2NO.CH4/c2*1-15(20)6-8-16(9-7-15,11-19(2)3)12-4-5-13(17)14(18)10-12;2*1-14(19)5-7-15(8-6-14,10-18-2)11-3-4-12(16)13(17)9-11;/h2*4-5,10,20H,6-9,11H2,1-3H3;2*3-4,9,18-19H,5-8,10H2,1-2H3;1H4. The highest BCUT2D eigenvalue weighted by molar-refractivity contribution is 6.43. The van der Waals surface area contributed by atoms with E-state index < -0.39 is 22.4 Å². The zero-order valence-electron chi connectivity index (χ0n) is 47.8. The number of hydrogen-bond acceptors (Lipinski definition) is 8. The monoisotopic (exact) mass is 1250 g/mol. The number of likely N-dealkylation sites (N-methyl/N-ethyl adjacent to an activating group) is 4. The molecule has 79 heavy (non-hydrogen) atoms. The minimum Gasteiger partial charge on any atom is -0.390 e. The lowest BCUT2D eigenvalue weighted by atomic mass is 9.65. The Kier molecular flexibility index (Phi) is 26.1. The van der Waals surface area contributed by atoms with Crippen LogP contribution in [0, 0.1) is 0 Å². The maximum absolute atomic E-state index is 10.2. The highest BCUT2D eigenvalue weighted by Crippen LogP contribution is 2.48. The summed E-state index contributed by atoms with van der Waals surface area (Å²) < 4.78 is 0. The number of aliphatic hydroxyl groups is 4. The fraction of sp³-hybridized carbons (Fsp3) is 0.619. The summed E-state index contributed by atoms with van der Waals surface area (Å²) in [5, 5.41) is 52.1. The van der Waals surface area contributed by atoms with Crippen molar-refractivity contribution in [3.05, 3.63) is 135 Å². The van der Waals surface area contributed by atoms with E-state index in [9.17, 15) is 20.4 Å². The third kappa shape index (κ3) is 19.4. The van der Waals surface area contributed by atoms with E-state index in [0.717, 1.165) is 129 Å². The van der Waals surface area contributed by atoms with Gasteiger partial charge >= 0.3 is 0 Å². The Labute approximate surface area is 515 Å². The summed E-state index contributed by atoms with van der Waals surface area (Å²) in [4.78, 5) is 4.42. The second kappa shape index (κ2) is 29.3. The first kappa shape index (κ1) is 70.4. The molecule has 0 spiro atoms. The van der Waals surface area contributed by atoms with Crippen LogP contribution < -0.4 is 10.6 Å². The molecule has 0 aliphatic heterocycles. The number of halogens is 8. The van der Waals surface area contributed by atoms with E-state index in [0.29, 0.717) is 40.2 Å². The lowest BCUT2D eigenvalue weighted by Crippen LogP contribution is -2.45. The van der Waals surface area contributed by atoms with Gasteiger partial charge in [-0.05, 0) is 243 Å². The third-order valence-corrected chi connectivity index (χ3v) is 20.5. The van der Waals surface area contributed by atoms with Crippen molar-refractivity contribution in [3.63, 3.8) is 0 Å². The molecule has 6 N–H and O–H groups in total. The predicted octanol–water partition coefficient (Wildman–Crippen LogP) is 16.4. The summed E-state index contributed by atoms with van der Waals surface area (Å²) in [7, 11) is 12.3. The summed E-state index contributed by atoms with van der Waals surface area (Å²) in [6.07, 6.45) is 14.2. The molecule has 0 radical (unpaired) electrons. The highest BCUT2D eigenvalue weighted by atomic mass is 35.5. The van der Waals surface area contributed by atoms with Crippen molar-refractivity contribution < 1.29 is 20.4 Å². The Balaban J connectivity index is 0.000000226. The summed E-state index contributed by atoms with van der Waals surface area (Å²) in [5.41, 5.74) is 2.96. The highest BCUT2D eigenvalue weighted by Gasteiger charge is 2.44. The molecule has 0 amide bonds. The van der Waals surface area contributed by atoms with Crippen LogP contribution in [0.25, 0.3) is 0 Å². The van der Waals surface area contributed by atoms with Gasteiger partial charge < -0.3 is 40.9 Å². The molecule has 4 saturated carbocycles. The van der Waals surface area contributed by atoms with Crippen molar-refractivity contribution in [2.24, 2.45) is 0 Å². The predicted molar refractivity (Wildman–Crippen MR) is 341 cm³/mol. The van der Waals surface area contributed by atoms with E-state index in [2.05, 4.69) is 72.9 Å². The molecule has 0 atom stereocenters. The molecule has 0 bridgehead atoms. The van der Waals surface area contributed by atoms with Gasteiger partial charge in [-0.25, -0.2) is 0 Å². The number of benzene rings is 4. The average Bonchev–Trinajstić information content (AvgIpc) is 3.44. The lowest BCUT2D eigenvalue weighted by molar-refractivity contribution is -0.00466. The SMILES string of the molecule is C.CN(C)CC1(c2ccc(Cl)c(Cl)c2)CCC(C)(O)CC1.CN(C)CC1(c2ccc(Cl)c(Cl)c2)CCC(C)(O)CC1.CNCC1(c2ccc(Cl)c(Cl)c2)CCC(C)(O)CC1.CNCC1(c2ccc(Cl)c(Cl)c2)CCC(C)(O)CC1. The van der Waals surface area contributed by atoms with E-state index in [-0.39, 0.29) is 29.1 Å². The fourth-order valence-electron chi connectivity index (χ4n) is 12.5. The second-order valence-electron chi connectivity index (χ2n) is 25.2. The van der Waals surface area contributed by atoms with Gasteiger partial charge in [-0.1, -0.05) is 124 Å². The van der Waals surface area contributed by atoms with E-state index in [1.54, 1.807) is 0 Å². The van der Waals surface area contributed by atoms with Crippen LogP contribution in [0.4, 0.5) is 0 Å². The van der Waals surface area contributed by atoms with Crippen LogP contribution in [0.1, 0.15) is 160 Å². The fourth-order valence-corrected chi connectivity index (χ4v) is 13.7. The van der Waals surface area contributed by atoms with Crippen LogP contribution in [0.3, 0.4) is 0 Å². The van der Waals surface area contributed by atoms with Crippen LogP contribution in [0.15, 0.2) is 72.8 Å². The minimum absolute atomic E-state index is 0. The van der Waals surface area contributed by atoms with Gasteiger partial charge in [-0.15, -0.1) is 0 Å². The van der Waals surface area contributed by atoms with Crippen molar-refractivity contribution in [1.29, 1.82) is 0 Å². The summed E-state index contributed by atoms with van der Waals surface area (Å²) >= 11 is 48.8. The molecular formula is C63H92Cl8N4O4. The van der Waals surface area contributed by atoms with Gasteiger partial charge in [0, 0.05) is 47.8 Å². The Morgan fingerprint density at radius 2 is 0.532 bits per heavy atom. The quantitative estimate of drug-likeness (QED) is 0.0832. The Morgan fingerprint density at radius 3 is 0.709 bits per heavy atom. The summed E-state index contributed by atoms with van der Waals surface area (Å²) in [6, 6.07) is 23.7. The van der Waals surface area contributed by atoms with Crippen LogP contribution >= 0.6 is 92.8 Å². The maximum Gasteiger partial charge on any atom is 0.0620 e. The normalized spacial score (nSPS) is 30.7. The Morgan fingerprint density at radius 1 is 0.342 bits per heavy atom. The lowest BCUT2D eigenvalue weighted by Gasteiger charge is -2.44. The van der Waals surface area contributed by atoms with Crippen molar-refractivity contribution in [2.45, 2.75) is 182 Å². The molecule has 4 aliphatic rings. The molecule has 0 heterocycles. The topological polar surface area (TPSA) is 111 Å². The third-order valence-electron chi connectivity index (χ3n) is 17.5. The van der Waals surface area contributed by atoms with Gasteiger partial charge in [0.15, 0.2) is 0 Å². The van der Waals surface area contributed by atoms with E-state index in [1.807, 2.05) is 90.3 Å². The first-order chi connectivity index (χ1) is 36.2. The molecule has 4 aromatic rings. The van der Waals surface area contributed by atoms with Crippen LogP contribution in [-0.2, 0) is 21.7 Å². The van der Waals surface area contributed by atoms with E-state index in [1.165, 1.54) is 22.3 Å². The van der Waals surface area contributed by atoms with Crippen LogP contribution in [0.5, 0.6) is 0 Å². The molecule has 4 fully saturated rings. The average molecular weight is 1250 g/mol. The first-order valence-electron chi connectivity index (χ1n) is 27.6. The largest absolute Gasteiger partial charge is 0.390 e. The second-order valence-corrected chi connectivity index (χ2v) is 28.4. The van der Waals surface area contributed by atoms with Gasteiger partial charge in [0.2, 0.25) is 0 Å². The molecule has 444 valence electrons. The number of nitrogens with one attached hydrogen (secondary N) is 2. The van der Waals surface area contributed by atoms with Gasteiger partial charge in [-0.2, -0.15) is 0 Å². The van der Waals surface area contributed by atoms with Crippen LogP contribution in [0.2, 0.25) is 40.2 Å². The molecule has 8 nitrogen and oxygen atoms in total. The van der Waals surface area contributed by atoms with Crippen molar-refractivity contribution in [2.75, 3.05) is 68.5 Å². The van der Waals surface area contributed by atoms with E-state index >= 15 is 0 Å². The van der Waals surface area contributed by atoms with Gasteiger partial charge in [-0.3, -0.25) is 0 Å². The molecule has 16 heteroatoms. The van der Waals surface area contributed by atoms with Gasteiger partial charge in [0.25, 0.3) is 0 Å². The van der Waals surface area contributed by atoms with Crippen LogP contribution in [-0.4, -0.2) is 121 Å². The molecule has 4 aliphatic carbocycles. The first-order valence-corrected chi connectivity index (χ1v) is 30.6. The van der Waals surface area contributed by atoms with Crippen molar-refractivity contribution >= 4 is 92.8 Å². The van der Waals surface area contributed by atoms with Crippen molar-refractivity contribution in [3.8, 4) is 0 Å². The van der Waals surface area contributed by atoms with E-state index in [4.69, 9.17) is 92.8 Å². The molecule has 4 aromatic carbocycles.